The number of benzene rings is 2. The number of phenols is 1. The van der Waals surface area contributed by atoms with Gasteiger partial charge in [-0.1, -0.05) is 32.9 Å². The minimum absolute atomic E-state index is 0.0599. The number of aliphatic carboxylic acids is 1. The van der Waals surface area contributed by atoms with Gasteiger partial charge in [0.05, 0.1) is 5.52 Å². The molecule has 1 heterocycles. The molecular formula is C23H24FNO3. The van der Waals surface area contributed by atoms with Gasteiger partial charge in [-0.25, -0.2) is 4.39 Å². The highest BCUT2D eigenvalue weighted by Crippen LogP contribution is 2.41. The minimum Gasteiger partial charge on any atom is -0.508 e. The molecule has 1 unspecified atom stereocenters. The third-order valence-electron chi connectivity index (χ3n) is 5.01. The van der Waals surface area contributed by atoms with Crippen LogP contribution in [0.5, 0.6) is 5.75 Å². The number of halogens is 1. The maximum atomic E-state index is 13.5. The van der Waals surface area contributed by atoms with Crippen LogP contribution in [0.1, 0.15) is 56.7 Å². The van der Waals surface area contributed by atoms with Gasteiger partial charge in [0, 0.05) is 23.6 Å². The van der Waals surface area contributed by atoms with Crippen molar-refractivity contribution in [1.29, 1.82) is 0 Å². The number of hydrogen-bond acceptors (Lipinski definition) is 3. The van der Waals surface area contributed by atoms with Crippen molar-refractivity contribution in [1.82, 2.24) is 4.98 Å². The predicted octanol–water partition coefficient (Wildman–Crippen LogP) is 5.84. The van der Waals surface area contributed by atoms with Crippen LogP contribution in [0, 0.1) is 5.82 Å². The first-order valence-electron chi connectivity index (χ1n) is 9.42. The predicted molar refractivity (Wildman–Crippen MR) is 108 cm³/mol. The summed E-state index contributed by atoms with van der Waals surface area (Å²) in [7, 11) is 0. The minimum atomic E-state index is -0.838. The molecule has 0 radical (unpaired) electrons. The lowest BCUT2D eigenvalue weighted by atomic mass is 9.84. The molecule has 2 N–H and O–H groups in total. The highest BCUT2D eigenvalue weighted by Gasteiger charge is 2.23. The van der Waals surface area contributed by atoms with Crippen LogP contribution in [0.25, 0.3) is 22.0 Å². The highest BCUT2D eigenvalue weighted by molar-refractivity contribution is 5.97. The van der Waals surface area contributed by atoms with E-state index in [2.05, 4.69) is 13.8 Å². The normalized spacial score (nSPS) is 12.5. The van der Waals surface area contributed by atoms with E-state index in [0.717, 1.165) is 27.8 Å². The van der Waals surface area contributed by atoms with Crippen LogP contribution in [0.2, 0.25) is 0 Å². The third-order valence-corrected chi connectivity index (χ3v) is 5.01. The molecule has 0 aliphatic heterocycles. The van der Waals surface area contributed by atoms with E-state index in [0.29, 0.717) is 11.9 Å². The zero-order chi connectivity index (χ0) is 20.4. The van der Waals surface area contributed by atoms with Crippen LogP contribution in [-0.4, -0.2) is 21.2 Å². The van der Waals surface area contributed by atoms with Crippen molar-refractivity contribution in [3.8, 4) is 16.9 Å². The summed E-state index contributed by atoms with van der Waals surface area (Å²) < 4.78 is 13.5. The van der Waals surface area contributed by atoms with Gasteiger partial charge in [0.15, 0.2) is 0 Å². The monoisotopic (exact) mass is 381 g/mol. The summed E-state index contributed by atoms with van der Waals surface area (Å²) >= 11 is 0. The number of hydrogen-bond donors (Lipinski definition) is 2. The number of pyridine rings is 1. The number of carboxylic acid groups (broad SMARTS) is 1. The molecule has 0 amide bonds. The second kappa shape index (κ2) is 7.97. The quantitative estimate of drug-likeness (QED) is 0.563. The molecular weight excluding hydrogens is 357 g/mol. The maximum absolute atomic E-state index is 13.5. The fraction of sp³-hybridized carbons (Fsp3) is 0.304. The summed E-state index contributed by atoms with van der Waals surface area (Å²) in [6.07, 6.45) is 0.527. The summed E-state index contributed by atoms with van der Waals surface area (Å²) in [6.45, 7) is 6.12. The van der Waals surface area contributed by atoms with Crippen molar-refractivity contribution in [2.24, 2.45) is 0 Å². The lowest BCUT2D eigenvalue weighted by Gasteiger charge is -2.23. The van der Waals surface area contributed by atoms with Crippen LogP contribution in [0.3, 0.4) is 0 Å². The molecule has 1 atom stereocenters. The Morgan fingerprint density at radius 2 is 1.79 bits per heavy atom. The number of rotatable bonds is 6. The van der Waals surface area contributed by atoms with E-state index >= 15 is 0 Å². The summed E-state index contributed by atoms with van der Waals surface area (Å²) in [5, 5.41) is 19.9. The maximum Gasteiger partial charge on any atom is 0.303 e. The lowest BCUT2D eigenvalue weighted by Crippen LogP contribution is -2.09. The van der Waals surface area contributed by atoms with Crippen LogP contribution >= 0.6 is 0 Å². The Bertz CT molecular complexity index is 1010. The van der Waals surface area contributed by atoms with E-state index in [1.165, 1.54) is 12.1 Å². The molecule has 0 spiro atoms. The largest absolute Gasteiger partial charge is 0.508 e. The van der Waals surface area contributed by atoms with E-state index in [1.807, 2.05) is 13.0 Å². The number of nitrogens with zero attached hydrogens (tertiary/aromatic N) is 1. The molecule has 4 nitrogen and oxygen atoms in total. The Kier molecular flexibility index (Phi) is 5.63. The molecule has 5 heteroatoms. The topological polar surface area (TPSA) is 70.4 Å². The Morgan fingerprint density at radius 1 is 1.11 bits per heavy atom. The van der Waals surface area contributed by atoms with Gasteiger partial charge in [0.25, 0.3) is 0 Å². The molecule has 2 aromatic carbocycles. The van der Waals surface area contributed by atoms with Gasteiger partial charge in [-0.15, -0.1) is 0 Å². The zero-order valence-corrected chi connectivity index (χ0v) is 16.2. The van der Waals surface area contributed by atoms with Crippen molar-refractivity contribution in [3.63, 3.8) is 0 Å². The van der Waals surface area contributed by atoms with Gasteiger partial charge in [-0.05, 0) is 59.2 Å². The average Bonchev–Trinajstić information content (AvgIpc) is 2.64. The first kappa shape index (κ1) is 19.8. The van der Waals surface area contributed by atoms with Crippen molar-refractivity contribution in [2.75, 3.05) is 0 Å². The van der Waals surface area contributed by atoms with Gasteiger partial charge in [-0.3, -0.25) is 9.78 Å². The van der Waals surface area contributed by atoms with Crippen molar-refractivity contribution < 1.29 is 19.4 Å². The Hall–Kier alpha value is -2.95. The summed E-state index contributed by atoms with van der Waals surface area (Å²) in [6, 6.07) is 11.4. The molecule has 0 aliphatic rings. The molecule has 0 saturated heterocycles. The fourth-order valence-corrected chi connectivity index (χ4v) is 3.65. The third kappa shape index (κ3) is 3.98. The number of aromatic hydroxyl groups is 1. The molecule has 28 heavy (non-hydrogen) atoms. The van der Waals surface area contributed by atoms with Gasteiger partial charge < -0.3 is 10.2 Å². The SMILES string of the molecule is CC(C)c1c(C(C)CCC(=O)O)nc2cc(O)ccc2c1-c1ccc(F)cc1. The summed E-state index contributed by atoms with van der Waals surface area (Å²) in [5.74, 6) is -0.963. The fourth-order valence-electron chi connectivity index (χ4n) is 3.65. The van der Waals surface area contributed by atoms with E-state index in [-0.39, 0.29) is 29.8 Å². The van der Waals surface area contributed by atoms with Crippen LogP contribution in [-0.2, 0) is 4.79 Å². The lowest BCUT2D eigenvalue weighted by molar-refractivity contribution is -0.137. The number of fused-ring (bicyclic) bond motifs is 1. The molecule has 3 aromatic rings. The van der Waals surface area contributed by atoms with E-state index in [1.54, 1.807) is 24.3 Å². The van der Waals surface area contributed by atoms with Crippen molar-refractivity contribution in [2.45, 2.75) is 45.4 Å². The summed E-state index contributed by atoms with van der Waals surface area (Å²) in [4.78, 5) is 15.9. The molecule has 0 saturated carbocycles. The van der Waals surface area contributed by atoms with Crippen LogP contribution in [0.4, 0.5) is 4.39 Å². The first-order chi connectivity index (χ1) is 13.3. The standard InChI is InChI=1S/C23H24FNO3/c1-13(2)21-22(15-5-7-16(24)8-6-15)18-10-9-17(26)12-19(18)25-23(21)14(3)4-11-20(27)28/h5-10,12-14,26H,4,11H2,1-3H3,(H,27,28). The molecule has 0 aliphatic carbocycles. The first-order valence-corrected chi connectivity index (χ1v) is 9.42. The molecule has 0 fully saturated rings. The smallest absolute Gasteiger partial charge is 0.303 e. The van der Waals surface area contributed by atoms with Gasteiger partial charge in [0.2, 0.25) is 0 Å². The van der Waals surface area contributed by atoms with E-state index in [9.17, 15) is 14.3 Å². The van der Waals surface area contributed by atoms with Gasteiger partial charge in [-0.2, -0.15) is 0 Å². The number of carboxylic acids is 1. The average molecular weight is 381 g/mol. The Labute approximate surface area is 163 Å². The van der Waals surface area contributed by atoms with Gasteiger partial charge >= 0.3 is 5.97 Å². The second-order valence-corrected chi connectivity index (χ2v) is 7.48. The van der Waals surface area contributed by atoms with Crippen molar-refractivity contribution in [3.05, 3.63) is 59.5 Å². The van der Waals surface area contributed by atoms with Crippen LogP contribution in [0.15, 0.2) is 42.5 Å². The Morgan fingerprint density at radius 3 is 2.39 bits per heavy atom. The highest BCUT2D eigenvalue weighted by atomic mass is 19.1. The Balaban J connectivity index is 2.32. The number of aromatic nitrogens is 1. The second-order valence-electron chi connectivity index (χ2n) is 7.48. The van der Waals surface area contributed by atoms with E-state index in [4.69, 9.17) is 10.1 Å². The molecule has 146 valence electrons. The van der Waals surface area contributed by atoms with E-state index < -0.39 is 5.97 Å². The molecule has 0 bridgehead atoms. The van der Waals surface area contributed by atoms with Crippen LogP contribution < -0.4 is 0 Å². The van der Waals surface area contributed by atoms with Gasteiger partial charge in [0.1, 0.15) is 11.6 Å². The number of carbonyl (C=O) groups is 1. The van der Waals surface area contributed by atoms with Crippen molar-refractivity contribution >= 4 is 16.9 Å². The zero-order valence-electron chi connectivity index (χ0n) is 16.2. The molecule has 1 aromatic heterocycles. The number of phenolic OH excluding ortho intramolecular Hbond substituents is 1. The summed E-state index contributed by atoms with van der Waals surface area (Å²) in [5.41, 5.74) is 4.32. The molecule has 3 rings (SSSR count).